The molecule has 2 nitrogen and oxygen atoms in total. The van der Waals surface area contributed by atoms with Crippen LogP contribution in [0.4, 0.5) is 0 Å². The Bertz CT molecular complexity index is 458. The van der Waals surface area contributed by atoms with E-state index in [1.807, 2.05) is 30.3 Å². The third-order valence-corrected chi connectivity index (χ3v) is 5.36. The van der Waals surface area contributed by atoms with Crippen molar-refractivity contribution >= 4 is 5.97 Å². The highest BCUT2D eigenvalue weighted by molar-refractivity contribution is 5.89. The van der Waals surface area contributed by atoms with Crippen LogP contribution in [0.2, 0.25) is 0 Å². The van der Waals surface area contributed by atoms with Gasteiger partial charge in [0.1, 0.15) is 5.60 Å². The number of esters is 1. The van der Waals surface area contributed by atoms with Gasteiger partial charge in [-0.1, -0.05) is 71.6 Å². The SMILES string of the molecule is CCCCC(CC)C(CCCC)(CCCC)OC(=O)c1ccccc1. The van der Waals surface area contributed by atoms with Crippen molar-refractivity contribution < 1.29 is 9.53 Å². The fourth-order valence-electron chi connectivity index (χ4n) is 3.78. The molecule has 0 aliphatic carbocycles. The van der Waals surface area contributed by atoms with Gasteiger partial charge in [-0.2, -0.15) is 0 Å². The zero-order valence-electron chi connectivity index (χ0n) is 16.9. The molecule has 142 valence electrons. The number of carbonyl (C=O) groups excluding carboxylic acids is 1. The van der Waals surface area contributed by atoms with Gasteiger partial charge in [-0.15, -0.1) is 0 Å². The summed E-state index contributed by atoms with van der Waals surface area (Å²) in [5, 5.41) is 0. The van der Waals surface area contributed by atoms with Crippen LogP contribution in [0.1, 0.15) is 102 Å². The van der Waals surface area contributed by atoms with Crippen molar-refractivity contribution in [3.63, 3.8) is 0 Å². The van der Waals surface area contributed by atoms with Crippen LogP contribution in [0.5, 0.6) is 0 Å². The highest BCUT2D eigenvalue weighted by atomic mass is 16.6. The summed E-state index contributed by atoms with van der Waals surface area (Å²) < 4.78 is 6.34. The van der Waals surface area contributed by atoms with Crippen LogP contribution in [0.15, 0.2) is 30.3 Å². The Morgan fingerprint density at radius 3 is 1.96 bits per heavy atom. The first-order valence-electron chi connectivity index (χ1n) is 10.4. The molecule has 1 atom stereocenters. The fraction of sp³-hybridized carbons (Fsp3) is 0.696. The highest BCUT2D eigenvalue weighted by Crippen LogP contribution is 2.39. The lowest BCUT2D eigenvalue weighted by Crippen LogP contribution is -2.43. The number of hydrogen-bond donors (Lipinski definition) is 0. The molecular formula is C23H38O2. The van der Waals surface area contributed by atoms with Crippen molar-refractivity contribution in [3.05, 3.63) is 35.9 Å². The van der Waals surface area contributed by atoms with Gasteiger partial charge in [-0.25, -0.2) is 4.79 Å². The third-order valence-electron chi connectivity index (χ3n) is 5.36. The topological polar surface area (TPSA) is 26.3 Å². The normalized spacial score (nSPS) is 12.8. The zero-order chi connectivity index (χ0) is 18.5. The van der Waals surface area contributed by atoms with Gasteiger partial charge in [0.2, 0.25) is 0 Å². The van der Waals surface area contributed by atoms with E-state index in [0.717, 1.165) is 51.4 Å². The molecule has 25 heavy (non-hydrogen) atoms. The lowest BCUT2D eigenvalue weighted by molar-refractivity contribution is -0.0681. The molecule has 0 saturated carbocycles. The molecule has 0 fully saturated rings. The van der Waals surface area contributed by atoms with E-state index in [9.17, 15) is 4.79 Å². The molecule has 0 radical (unpaired) electrons. The largest absolute Gasteiger partial charge is 0.455 e. The predicted molar refractivity (Wildman–Crippen MR) is 107 cm³/mol. The molecule has 0 N–H and O–H groups in total. The average Bonchev–Trinajstić information content (AvgIpc) is 2.65. The van der Waals surface area contributed by atoms with Crippen LogP contribution in [-0.2, 0) is 4.74 Å². The second kappa shape index (κ2) is 12.1. The molecule has 1 aromatic rings. The molecule has 0 aliphatic rings. The van der Waals surface area contributed by atoms with E-state index in [4.69, 9.17) is 4.74 Å². The van der Waals surface area contributed by atoms with Crippen molar-refractivity contribution in [2.45, 2.75) is 97.5 Å². The van der Waals surface area contributed by atoms with Crippen LogP contribution < -0.4 is 0 Å². The molecule has 0 aliphatic heterocycles. The third kappa shape index (κ3) is 6.84. The van der Waals surface area contributed by atoms with Gasteiger partial charge in [0, 0.05) is 0 Å². The van der Waals surface area contributed by atoms with E-state index in [-0.39, 0.29) is 11.6 Å². The minimum atomic E-state index is -0.303. The Kier molecular flexibility index (Phi) is 10.5. The average molecular weight is 347 g/mol. The highest BCUT2D eigenvalue weighted by Gasteiger charge is 2.40. The number of hydrogen-bond acceptors (Lipinski definition) is 2. The Morgan fingerprint density at radius 2 is 1.48 bits per heavy atom. The molecule has 0 aromatic heterocycles. The second-order valence-corrected chi connectivity index (χ2v) is 7.27. The zero-order valence-corrected chi connectivity index (χ0v) is 16.9. The van der Waals surface area contributed by atoms with Gasteiger partial charge in [-0.3, -0.25) is 0 Å². The maximum absolute atomic E-state index is 12.9. The van der Waals surface area contributed by atoms with Crippen LogP contribution >= 0.6 is 0 Å². The van der Waals surface area contributed by atoms with Crippen molar-refractivity contribution in [3.8, 4) is 0 Å². The van der Waals surface area contributed by atoms with Crippen LogP contribution in [0, 0.1) is 5.92 Å². The molecule has 0 heterocycles. The summed E-state index contributed by atoms with van der Waals surface area (Å²) in [6.45, 7) is 8.93. The summed E-state index contributed by atoms with van der Waals surface area (Å²) in [7, 11) is 0. The van der Waals surface area contributed by atoms with Gasteiger partial charge in [0.05, 0.1) is 5.56 Å². The summed E-state index contributed by atoms with van der Waals surface area (Å²) in [6, 6.07) is 9.48. The lowest BCUT2D eigenvalue weighted by atomic mass is 9.75. The maximum atomic E-state index is 12.9. The monoisotopic (exact) mass is 346 g/mol. The van der Waals surface area contributed by atoms with E-state index in [0.29, 0.717) is 11.5 Å². The van der Waals surface area contributed by atoms with Crippen molar-refractivity contribution in [1.82, 2.24) is 0 Å². The van der Waals surface area contributed by atoms with Crippen LogP contribution in [0.3, 0.4) is 0 Å². The lowest BCUT2D eigenvalue weighted by Gasteiger charge is -2.41. The molecule has 0 spiro atoms. The first kappa shape index (κ1) is 21.7. The first-order valence-corrected chi connectivity index (χ1v) is 10.4. The van der Waals surface area contributed by atoms with Gasteiger partial charge in [-0.05, 0) is 56.6 Å². The number of benzene rings is 1. The fourth-order valence-corrected chi connectivity index (χ4v) is 3.78. The minimum absolute atomic E-state index is 0.150. The smallest absolute Gasteiger partial charge is 0.338 e. The molecule has 1 rings (SSSR count). The number of carbonyl (C=O) groups is 1. The maximum Gasteiger partial charge on any atom is 0.338 e. The summed E-state index contributed by atoms with van der Waals surface area (Å²) >= 11 is 0. The minimum Gasteiger partial charge on any atom is -0.455 e. The Balaban J connectivity index is 3.08. The molecule has 0 amide bonds. The Labute approximate surface area is 155 Å². The van der Waals surface area contributed by atoms with E-state index < -0.39 is 0 Å². The molecule has 0 saturated heterocycles. The van der Waals surface area contributed by atoms with Crippen molar-refractivity contribution in [2.75, 3.05) is 0 Å². The summed E-state index contributed by atoms with van der Waals surface area (Å²) in [5.41, 5.74) is 0.369. The van der Waals surface area contributed by atoms with Gasteiger partial charge in [0.15, 0.2) is 0 Å². The number of ether oxygens (including phenoxy) is 1. The predicted octanol–water partition coefficient (Wildman–Crippen LogP) is 7.18. The first-order chi connectivity index (χ1) is 12.1. The Hall–Kier alpha value is -1.31. The Morgan fingerprint density at radius 1 is 0.920 bits per heavy atom. The number of unbranched alkanes of at least 4 members (excludes halogenated alkanes) is 3. The standard InChI is InChI=1S/C23H38O2/c1-5-9-17-21(8-4)23(18-10-6-2,19-11-7-3)25-22(24)20-15-13-12-14-16-20/h12-16,21H,5-11,17-19H2,1-4H3. The van der Waals surface area contributed by atoms with E-state index in [1.165, 1.54) is 12.8 Å². The van der Waals surface area contributed by atoms with E-state index >= 15 is 0 Å². The van der Waals surface area contributed by atoms with Crippen molar-refractivity contribution in [2.24, 2.45) is 5.92 Å². The number of rotatable bonds is 13. The van der Waals surface area contributed by atoms with Gasteiger partial charge < -0.3 is 4.74 Å². The molecule has 1 aromatic carbocycles. The summed E-state index contributed by atoms with van der Waals surface area (Å²) in [4.78, 5) is 12.9. The van der Waals surface area contributed by atoms with E-state index in [2.05, 4.69) is 27.7 Å². The van der Waals surface area contributed by atoms with E-state index in [1.54, 1.807) is 0 Å². The summed E-state index contributed by atoms with van der Waals surface area (Å²) in [5.74, 6) is 0.306. The molecular weight excluding hydrogens is 308 g/mol. The second-order valence-electron chi connectivity index (χ2n) is 7.27. The van der Waals surface area contributed by atoms with Crippen molar-refractivity contribution in [1.29, 1.82) is 0 Å². The van der Waals surface area contributed by atoms with Crippen LogP contribution in [-0.4, -0.2) is 11.6 Å². The van der Waals surface area contributed by atoms with Crippen LogP contribution in [0.25, 0.3) is 0 Å². The summed E-state index contributed by atoms with van der Waals surface area (Å²) in [6.07, 6.45) is 11.1. The molecule has 1 unspecified atom stereocenters. The molecule has 2 heteroatoms. The van der Waals surface area contributed by atoms with Gasteiger partial charge >= 0.3 is 5.97 Å². The quantitative estimate of drug-likeness (QED) is 0.354. The van der Waals surface area contributed by atoms with Gasteiger partial charge in [0.25, 0.3) is 0 Å². The molecule has 0 bridgehead atoms.